The van der Waals surface area contributed by atoms with Gasteiger partial charge in [0.2, 0.25) is 5.95 Å². The Labute approximate surface area is 150 Å². The highest BCUT2D eigenvalue weighted by Gasteiger charge is 2.26. The van der Waals surface area contributed by atoms with Gasteiger partial charge in [-0.15, -0.1) is 0 Å². The third-order valence-electron chi connectivity index (χ3n) is 5.16. The van der Waals surface area contributed by atoms with E-state index in [-0.39, 0.29) is 0 Å². The molecule has 3 heterocycles. The normalized spacial score (nSPS) is 17.6. The Balaban J connectivity index is 1.63. The minimum absolute atomic E-state index is 0.845. The van der Waals surface area contributed by atoms with E-state index in [2.05, 4.69) is 40.1 Å². The van der Waals surface area contributed by atoms with Gasteiger partial charge in [-0.05, 0) is 18.4 Å². The van der Waals surface area contributed by atoms with Gasteiger partial charge in [-0.2, -0.15) is 4.98 Å². The molecule has 25 heavy (non-hydrogen) atoms. The quantitative estimate of drug-likeness (QED) is 0.857. The Hall–Kier alpha value is -2.14. The number of aromatic nitrogens is 2. The fraction of sp³-hybridized carbons (Fsp3) is 0.500. The lowest BCUT2D eigenvalue weighted by molar-refractivity contribution is 0.243. The van der Waals surface area contributed by atoms with Gasteiger partial charge in [0.15, 0.2) is 0 Å². The summed E-state index contributed by atoms with van der Waals surface area (Å²) < 4.78 is 0. The van der Waals surface area contributed by atoms with E-state index >= 15 is 0 Å². The molecule has 1 fully saturated rings. The summed E-state index contributed by atoms with van der Waals surface area (Å²) in [5, 5.41) is 0. The molecule has 0 spiro atoms. The van der Waals surface area contributed by atoms with Crippen LogP contribution in [0.4, 0.5) is 11.8 Å². The van der Waals surface area contributed by atoms with Crippen LogP contribution < -0.4 is 9.80 Å². The summed E-state index contributed by atoms with van der Waals surface area (Å²) in [5.41, 5.74) is 3.96. The summed E-state index contributed by atoms with van der Waals surface area (Å²) in [6.45, 7) is 5.24. The first-order valence-corrected chi connectivity index (χ1v) is 9.29. The topological polar surface area (TPSA) is 35.5 Å². The Bertz CT molecular complexity index is 722. The van der Waals surface area contributed by atoms with Gasteiger partial charge in [-0.1, -0.05) is 30.3 Å². The van der Waals surface area contributed by atoms with Crippen molar-refractivity contribution in [2.75, 3.05) is 43.5 Å². The van der Waals surface area contributed by atoms with E-state index in [1.807, 2.05) is 19.0 Å². The predicted molar refractivity (Wildman–Crippen MR) is 102 cm³/mol. The maximum atomic E-state index is 4.92. The number of nitrogens with zero attached hydrogens (tertiary/aromatic N) is 5. The van der Waals surface area contributed by atoms with E-state index in [0.29, 0.717) is 0 Å². The molecule has 0 radical (unpaired) electrons. The van der Waals surface area contributed by atoms with Crippen molar-refractivity contribution >= 4 is 11.8 Å². The lowest BCUT2D eigenvalue weighted by atomic mass is 10.0. The van der Waals surface area contributed by atoms with Gasteiger partial charge in [0.05, 0.1) is 5.69 Å². The first-order valence-electron chi connectivity index (χ1n) is 9.29. The molecule has 0 bridgehead atoms. The Morgan fingerprint density at radius 2 is 1.76 bits per heavy atom. The molecule has 2 aliphatic rings. The molecule has 1 saturated heterocycles. The van der Waals surface area contributed by atoms with E-state index < -0.39 is 0 Å². The molecule has 5 nitrogen and oxygen atoms in total. The molecule has 1 aromatic carbocycles. The number of benzene rings is 1. The second kappa shape index (κ2) is 7.00. The van der Waals surface area contributed by atoms with Crippen molar-refractivity contribution in [2.45, 2.75) is 32.4 Å². The molecule has 0 aliphatic carbocycles. The van der Waals surface area contributed by atoms with Crippen LogP contribution >= 0.6 is 0 Å². The number of rotatable bonds is 4. The average molecular weight is 337 g/mol. The fourth-order valence-electron chi connectivity index (χ4n) is 3.81. The van der Waals surface area contributed by atoms with Gasteiger partial charge in [-0.25, -0.2) is 4.98 Å². The predicted octanol–water partition coefficient (Wildman–Crippen LogP) is 2.70. The zero-order chi connectivity index (χ0) is 17.2. The third kappa shape index (κ3) is 3.47. The second-order valence-corrected chi connectivity index (χ2v) is 7.31. The maximum absolute atomic E-state index is 4.92. The summed E-state index contributed by atoms with van der Waals surface area (Å²) in [7, 11) is 4.06. The Kier molecular flexibility index (Phi) is 4.57. The zero-order valence-electron chi connectivity index (χ0n) is 15.3. The number of hydrogen-bond acceptors (Lipinski definition) is 5. The molecule has 0 amide bonds. The Morgan fingerprint density at radius 3 is 2.48 bits per heavy atom. The molecule has 0 unspecified atom stereocenters. The minimum Gasteiger partial charge on any atom is -0.356 e. The number of anilines is 2. The van der Waals surface area contributed by atoms with Crippen LogP contribution in [0.2, 0.25) is 0 Å². The van der Waals surface area contributed by atoms with E-state index in [9.17, 15) is 0 Å². The number of fused-ring (bicyclic) bond motifs is 1. The zero-order valence-corrected chi connectivity index (χ0v) is 15.3. The lowest BCUT2D eigenvalue weighted by Crippen LogP contribution is -2.34. The molecule has 2 aliphatic heterocycles. The van der Waals surface area contributed by atoms with Crippen molar-refractivity contribution in [3.8, 4) is 0 Å². The highest BCUT2D eigenvalue weighted by molar-refractivity contribution is 5.54. The average Bonchev–Trinajstić information content (AvgIpc) is 3.16. The van der Waals surface area contributed by atoms with E-state index in [4.69, 9.17) is 9.97 Å². The van der Waals surface area contributed by atoms with Crippen molar-refractivity contribution in [1.29, 1.82) is 0 Å². The van der Waals surface area contributed by atoms with Crippen LogP contribution in [0.3, 0.4) is 0 Å². The van der Waals surface area contributed by atoms with Crippen LogP contribution in [0.25, 0.3) is 0 Å². The molecule has 0 N–H and O–H groups in total. The highest BCUT2D eigenvalue weighted by Crippen LogP contribution is 2.31. The third-order valence-corrected chi connectivity index (χ3v) is 5.16. The van der Waals surface area contributed by atoms with Crippen LogP contribution in [0.15, 0.2) is 30.3 Å². The van der Waals surface area contributed by atoms with Crippen molar-refractivity contribution in [3.63, 3.8) is 0 Å². The van der Waals surface area contributed by atoms with Gasteiger partial charge < -0.3 is 9.80 Å². The fourth-order valence-corrected chi connectivity index (χ4v) is 3.81. The first kappa shape index (κ1) is 16.3. The summed E-state index contributed by atoms with van der Waals surface area (Å²) in [4.78, 5) is 16.8. The highest BCUT2D eigenvalue weighted by atomic mass is 15.3. The summed E-state index contributed by atoms with van der Waals surface area (Å²) >= 11 is 0. The largest absolute Gasteiger partial charge is 0.356 e. The van der Waals surface area contributed by atoms with E-state index in [1.54, 1.807) is 0 Å². The molecule has 0 saturated carbocycles. The SMILES string of the molecule is CN(C)c1nc2c(c(N3CCCC3)n1)CN(Cc1ccccc1)CC2. The molecular formula is C20H27N5. The van der Waals surface area contributed by atoms with Crippen LogP contribution in [0.1, 0.15) is 29.7 Å². The standard InChI is InChI=1S/C20H27N5/c1-23(2)20-21-18-10-13-24(14-16-8-4-3-5-9-16)15-17(18)19(22-20)25-11-6-7-12-25/h3-5,8-9H,6-7,10-15H2,1-2H3. The maximum Gasteiger partial charge on any atom is 0.227 e. The summed E-state index contributed by atoms with van der Waals surface area (Å²) in [5.74, 6) is 2.01. The number of hydrogen-bond donors (Lipinski definition) is 0. The van der Waals surface area contributed by atoms with Gasteiger partial charge >= 0.3 is 0 Å². The van der Waals surface area contributed by atoms with Crippen molar-refractivity contribution in [3.05, 3.63) is 47.2 Å². The molecule has 5 heteroatoms. The first-order chi connectivity index (χ1) is 12.2. The summed E-state index contributed by atoms with van der Waals surface area (Å²) in [6, 6.07) is 10.7. The molecule has 1 aromatic heterocycles. The van der Waals surface area contributed by atoms with Crippen molar-refractivity contribution in [1.82, 2.24) is 14.9 Å². The van der Waals surface area contributed by atoms with Crippen LogP contribution in [-0.4, -0.2) is 48.6 Å². The van der Waals surface area contributed by atoms with Crippen LogP contribution in [0, 0.1) is 0 Å². The molecule has 2 aromatic rings. The molecule has 0 atom stereocenters. The minimum atomic E-state index is 0.845. The lowest BCUT2D eigenvalue weighted by Gasteiger charge is -2.32. The van der Waals surface area contributed by atoms with E-state index in [1.165, 1.54) is 35.5 Å². The van der Waals surface area contributed by atoms with Crippen LogP contribution in [0.5, 0.6) is 0 Å². The van der Waals surface area contributed by atoms with E-state index in [0.717, 1.165) is 45.1 Å². The Morgan fingerprint density at radius 1 is 1.00 bits per heavy atom. The monoisotopic (exact) mass is 337 g/mol. The van der Waals surface area contributed by atoms with Crippen LogP contribution in [-0.2, 0) is 19.5 Å². The molecule has 132 valence electrons. The van der Waals surface area contributed by atoms with Gasteiger partial charge in [0.1, 0.15) is 5.82 Å². The van der Waals surface area contributed by atoms with Crippen molar-refractivity contribution < 1.29 is 0 Å². The smallest absolute Gasteiger partial charge is 0.227 e. The molecular weight excluding hydrogens is 310 g/mol. The van der Waals surface area contributed by atoms with Gasteiger partial charge in [0.25, 0.3) is 0 Å². The van der Waals surface area contributed by atoms with Crippen molar-refractivity contribution in [2.24, 2.45) is 0 Å². The molecule has 4 rings (SSSR count). The summed E-state index contributed by atoms with van der Waals surface area (Å²) in [6.07, 6.45) is 3.54. The van der Waals surface area contributed by atoms with Gasteiger partial charge in [-0.3, -0.25) is 4.90 Å². The second-order valence-electron chi connectivity index (χ2n) is 7.31. The van der Waals surface area contributed by atoms with Gasteiger partial charge in [0, 0.05) is 58.8 Å².